The zero-order chi connectivity index (χ0) is 9.68. The molecule has 1 saturated heterocycles. The van der Waals surface area contributed by atoms with E-state index in [4.69, 9.17) is 5.11 Å². The second kappa shape index (κ2) is 5.58. The quantitative estimate of drug-likeness (QED) is 0.606. The number of aliphatic hydroxyl groups is 1. The molecule has 0 saturated carbocycles. The summed E-state index contributed by atoms with van der Waals surface area (Å²) < 4.78 is 0. The van der Waals surface area contributed by atoms with Gasteiger partial charge in [0.15, 0.2) is 0 Å². The molecule has 0 spiro atoms. The Labute approximate surface area is 81.1 Å². The Morgan fingerprint density at radius 1 is 1.62 bits per heavy atom. The fourth-order valence-electron chi connectivity index (χ4n) is 1.81. The Kier molecular flexibility index (Phi) is 4.70. The highest BCUT2D eigenvalue weighted by molar-refractivity contribution is 4.74. The van der Waals surface area contributed by atoms with Crippen LogP contribution in [-0.2, 0) is 0 Å². The van der Waals surface area contributed by atoms with Gasteiger partial charge in [-0.3, -0.25) is 0 Å². The number of hydrogen-bond acceptors (Lipinski definition) is 3. The van der Waals surface area contributed by atoms with Crippen molar-refractivity contribution in [3.8, 4) is 0 Å². The molecule has 1 rings (SSSR count). The van der Waals surface area contributed by atoms with Crippen LogP contribution >= 0.6 is 0 Å². The van der Waals surface area contributed by atoms with E-state index in [1.807, 2.05) is 6.92 Å². The SMILES string of the molecule is CC(O)CCNCC1CCN(C)C1. The third kappa shape index (κ3) is 4.60. The van der Waals surface area contributed by atoms with E-state index in [1.54, 1.807) is 0 Å². The van der Waals surface area contributed by atoms with Crippen molar-refractivity contribution in [1.29, 1.82) is 0 Å². The Balaban J connectivity index is 1.94. The first kappa shape index (κ1) is 11.0. The van der Waals surface area contributed by atoms with E-state index in [9.17, 15) is 0 Å². The molecule has 0 radical (unpaired) electrons. The average Bonchev–Trinajstić information content (AvgIpc) is 2.45. The minimum Gasteiger partial charge on any atom is -0.393 e. The zero-order valence-corrected chi connectivity index (χ0v) is 8.79. The largest absolute Gasteiger partial charge is 0.393 e. The van der Waals surface area contributed by atoms with E-state index in [1.165, 1.54) is 19.5 Å². The molecule has 0 aliphatic carbocycles. The van der Waals surface area contributed by atoms with Gasteiger partial charge in [-0.15, -0.1) is 0 Å². The van der Waals surface area contributed by atoms with Gasteiger partial charge in [0.25, 0.3) is 0 Å². The summed E-state index contributed by atoms with van der Waals surface area (Å²) >= 11 is 0. The molecule has 2 N–H and O–H groups in total. The lowest BCUT2D eigenvalue weighted by molar-refractivity contribution is 0.183. The normalized spacial score (nSPS) is 26.5. The molecule has 0 aromatic rings. The van der Waals surface area contributed by atoms with E-state index in [0.29, 0.717) is 0 Å². The maximum absolute atomic E-state index is 9.04. The lowest BCUT2D eigenvalue weighted by Gasteiger charge is -2.12. The van der Waals surface area contributed by atoms with Crippen molar-refractivity contribution in [3.63, 3.8) is 0 Å². The van der Waals surface area contributed by atoms with E-state index < -0.39 is 0 Å². The first-order valence-corrected chi connectivity index (χ1v) is 5.26. The molecule has 0 bridgehead atoms. The van der Waals surface area contributed by atoms with Gasteiger partial charge in [0, 0.05) is 6.54 Å². The molecule has 3 heteroatoms. The summed E-state index contributed by atoms with van der Waals surface area (Å²) in [4.78, 5) is 2.38. The predicted molar refractivity (Wildman–Crippen MR) is 54.8 cm³/mol. The molecule has 0 aromatic carbocycles. The van der Waals surface area contributed by atoms with E-state index >= 15 is 0 Å². The molecule has 3 nitrogen and oxygen atoms in total. The minimum atomic E-state index is -0.168. The molecular formula is C10H22N2O. The average molecular weight is 186 g/mol. The van der Waals surface area contributed by atoms with Crippen LogP contribution in [-0.4, -0.2) is 49.3 Å². The highest BCUT2D eigenvalue weighted by Gasteiger charge is 2.18. The fourth-order valence-corrected chi connectivity index (χ4v) is 1.81. The van der Waals surface area contributed by atoms with Gasteiger partial charge in [-0.25, -0.2) is 0 Å². The summed E-state index contributed by atoms with van der Waals surface area (Å²) in [6.45, 7) is 6.35. The Morgan fingerprint density at radius 2 is 2.38 bits per heavy atom. The lowest BCUT2D eigenvalue weighted by Crippen LogP contribution is -2.27. The van der Waals surface area contributed by atoms with Gasteiger partial charge < -0.3 is 15.3 Å². The number of nitrogens with one attached hydrogen (secondary N) is 1. The topological polar surface area (TPSA) is 35.5 Å². The van der Waals surface area contributed by atoms with Crippen LogP contribution in [0.3, 0.4) is 0 Å². The molecule has 2 unspecified atom stereocenters. The predicted octanol–water partition coefficient (Wildman–Crippen LogP) is 0.299. The van der Waals surface area contributed by atoms with Crippen LogP contribution in [0.2, 0.25) is 0 Å². The van der Waals surface area contributed by atoms with Crippen molar-refractivity contribution >= 4 is 0 Å². The summed E-state index contributed by atoms with van der Waals surface area (Å²) in [5.74, 6) is 0.819. The monoisotopic (exact) mass is 186 g/mol. The lowest BCUT2D eigenvalue weighted by atomic mass is 10.1. The highest BCUT2D eigenvalue weighted by Crippen LogP contribution is 2.12. The number of hydrogen-bond donors (Lipinski definition) is 2. The van der Waals surface area contributed by atoms with E-state index in [0.717, 1.165) is 25.4 Å². The van der Waals surface area contributed by atoms with Gasteiger partial charge in [-0.1, -0.05) is 0 Å². The summed E-state index contributed by atoms with van der Waals surface area (Å²) in [5.41, 5.74) is 0. The van der Waals surface area contributed by atoms with Gasteiger partial charge in [-0.2, -0.15) is 0 Å². The Hall–Kier alpha value is -0.120. The summed E-state index contributed by atoms with van der Waals surface area (Å²) in [5, 5.41) is 12.4. The Morgan fingerprint density at radius 3 is 2.92 bits per heavy atom. The molecule has 13 heavy (non-hydrogen) atoms. The molecule has 78 valence electrons. The van der Waals surface area contributed by atoms with Crippen LogP contribution in [0.25, 0.3) is 0 Å². The van der Waals surface area contributed by atoms with Crippen molar-refractivity contribution in [2.75, 3.05) is 33.2 Å². The molecule has 1 heterocycles. The molecular weight excluding hydrogens is 164 g/mol. The van der Waals surface area contributed by atoms with Crippen LogP contribution in [0.5, 0.6) is 0 Å². The second-order valence-corrected chi connectivity index (χ2v) is 4.26. The Bertz CT molecular complexity index is 139. The summed E-state index contributed by atoms with van der Waals surface area (Å²) in [7, 11) is 2.18. The van der Waals surface area contributed by atoms with Crippen LogP contribution in [0, 0.1) is 5.92 Å². The molecule has 1 aliphatic rings. The van der Waals surface area contributed by atoms with Crippen molar-refractivity contribution in [2.24, 2.45) is 5.92 Å². The highest BCUT2D eigenvalue weighted by atomic mass is 16.3. The smallest absolute Gasteiger partial charge is 0.0524 e. The van der Waals surface area contributed by atoms with Crippen molar-refractivity contribution < 1.29 is 5.11 Å². The number of rotatable bonds is 5. The summed E-state index contributed by atoms with van der Waals surface area (Å²) in [6.07, 6.45) is 2.01. The third-order valence-corrected chi connectivity index (χ3v) is 2.66. The number of likely N-dealkylation sites (tertiary alicyclic amines) is 1. The molecule has 2 atom stereocenters. The van der Waals surface area contributed by atoms with Crippen molar-refractivity contribution in [2.45, 2.75) is 25.9 Å². The number of nitrogens with zero attached hydrogens (tertiary/aromatic N) is 1. The van der Waals surface area contributed by atoms with Gasteiger partial charge in [-0.05, 0) is 52.4 Å². The third-order valence-electron chi connectivity index (χ3n) is 2.66. The molecule has 0 amide bonds. The van der Waals surface area contributed by atoms with Gasteiger partial charge >= 0.3 is 0 Å². The van der Waals surface area contributed by atoms with Crippen LogP contribution < -0.4 is 5.32 Å². The van der Waals surface area contributed by atoms with Gasteiger partial charge in [0.05, 0.1) is 6.10 Å². The maximum atomic E-state index is 9.04. The number of aliphatic hydroxyl groups excluding tert-OH is 1. The standard InChI is InChI=1S/C10H22N2O/c1-9(13)3-5-11-7-10-4-6-12(2)8-10/h9-11,13H,3-8H2,1-2H3. The maximum Gasteiger partial charge on any atom is 0.0524 e. The van der Waals surface area contributed by atoms with E-state index in [2.05, 4.69) is 17.3 Å². The van der Waals surface area contributed by atoms with E-state index in [-0.39, 0.29) is 6.10 Å². The molecule has 0 aromatic heterocycles. The minimum absolute atomic E-state index is 0.168. The van der Waals surface area contributed by atoms with Gasteiger partial charge in [0.1, 0.15) is 0 Å². The van der Waals surface area contributed by atoms with Gasteiger partial charge in [0.2, 0.25) is 0 Å². The fraction of sp³-hybridized carbons (Fsp3) is 1.00. The molecule has 1 aliphatic heterocycles. The first-order chi connectivity index (χ1) is 6.18. The van der Waals surface area contributed by atoms with Crippen LogP contribution in [0.4, 0.5) is 0 Å². The van der Waals surface area contributed by atoms with Crippen LogP contribution in [0.1, 0.15) is 19.8 Å². The first-order valence-electron chi connectivity index (χ1n) is 5.26. The molecule has 1 fully saturated rings. The summed E-state index contributed by atoms with van der Waals surface area (Å²) in [6, 6.07) is 0. The second-order valence-electron chi connectivity index (χ2n) is 4.26. The van der Waals surface area contributed by atoms with Crippen molar-refractivity contribution in [1.82, 2.24) is 10.2 Å². The zero-order valence-electron chi connectivity index (χ0n) is 8.79. The van der Waals surface area contributed by atoms with Crippen LogP contribution in [0.15, 0.2) is 0 Å². The van der Waals surface area contributed by atoms with Crippen molar-refractivity contribution in [3.05, 3.63) is 0 Å².